The number of amides is 1. The van der Waals surface area contributed by atoms with E-state index in [2.05, 4.69) is 5.32 Å². The number of nitrogens with one attached hydrogen (secondary N) is 1. The van der Waals surface area contributed by atoms with Gasteiger partial charge in [0.1, 0.15) is 5.82 Å². The van der Waals surface area contributed by atoms with E-state index in [4.69, 9.17) is 0 Å². The van der Waals surface area contributed by atoms with Crippen LogP contribution in [0.1, 0.15) is 32.3 Å². The summed E-state index contributed by atoms with van der Waals surface area (Å²) in [5.74, 6) is -0.830. The van der Waals surface area contributed by atoms with E-state index in [0.717, 1.165) is 6.26 Å². The van der Waals surface area contributed by atoms with Crippen molar-refractivity contribution in [3.05, 3.63) is 59.9 Å². The average Bonchev–Trinajstić information content (AvgIpc) is 2.79. The summed E-state index contributed by atoms with van der Waals surface area (Å²) < 4.78 is 66.0. The molecule has 3 rings (SSSR count). The van der Waals surface area contributed by atoms with Crippen molar-refractivity contribution in [1.29, 1.82) is 0 Å². The molecular formula is C24H32FN3O5S2. The van der Waals surface area contributed by atoms with Gasteiger partial charge in [-0.15, -0.1) is 0 Å². The number of hydrogen-bond donors (Lipinski definition) is 1. The molecule has 0 aromatic heterocycles. The predicted octanol–water partition coefficient (Wildman–Crippen LogP) is 3.28. The van der Waals surface area contributed by atoms with Gasteiger partial charge < -0.3 is 5.32 Å². The molecule has 0 saturated carbocycles. The van der Waals surface area contributed by atoms with Gasteiger partial charge in [-0.05, 0) is 60.7 Å². The van der Waals surface area contributed by atoms with Crippen molar-refractivity contribution >= 4 is 31.6 Å². The van der Waals surface area contributed by atoms with Crippen LogP contribution in [0, 0.1) is 17.7 Å². The zero-order chi connectivity index (χ0) is 25.8. The van der Waals surface area contributed by atoms with Gasteiger partial charge in [0.15, 0.2) is 0 Å². The molecule has 1 amide bonds. The monoisotopic (exact) mass is 525 g/mol. The lowest BCUT2D eigenvalue weighted by molar-refractivity contribution is -0.120. The lowest BCUT2D eigenvalue weighted by Gasteiger charge is -2.29. The number of carbonyl (C=O) groups excluding carboxylic acids is 1. The summed E-state index contributed by atoms with van der Waals surface area (Å²) in [6, 6.07) is 11.7. The van der Waals surface area contributed by atoms with Crippen LogP contribution in [0.25, 0.3) is 0 Å². The smallest absolute Gasteiger partial charge is 0.243 e. The van der Waals surface area contributed by atoms with Crippen molar-refractivity contribution in [2.24, 2.45) is 11.8 Å². The quantitative estimate of drug-likeness (QED) is 0.541. The molecule has 1 heterocycles. The first-order valence-corrected chi connectivity index (χ1v) is 14.8. The molecule has 1 aliphatic heterocycles. The molecule has 1 aliphatic rings. The second-order valence-corrected chi connectivity index (χ2v) is 13.2. The van der Waals surface area contributed by atoms with Crippen molar-refractivity contribution in [2.45, 2.75) is 38.1 Å². The van der Waals surface area contributed by atoms with E-state index in [-0.39, 0.29) is 35.0 Å². The Morgan fingerprint density at radius 3 is 2.11 bits per heavy atom. The van der Waals surface area contributed by atoms with Gasteiger partial charge in [0.25, 0.3) is 0 Å². The predicted molar refractivity (Wildman–Crippen MR) is 133 cm³/mol. The molecule has 2 aromatic rings. The van der Waals surface area contributed by atoms with E-state index in [1.165, 1.54) is 32.9 Å². The van der Waals surface area contributed by atoms with Gasteiger partial charge in [-0.3, -0.25) is 4.79 Å². The van der Waals surface area contributed by atoms with E-state index in [9.17, 15) is 26.0 Å². The van der Waals surface area contributed by atoms with Crippen LogP contribution in [0.3, 0.4) is 0 Å². The maximum Gasteiger partial charge on any atom is 0.243 e. The summed E-state index contributed by atoms with van der Waals surface area (Å²) in [6.45, 7) is 4.86. The highest BCUT2D eigenvalue weighted by molar-refractivity contribution is 7.89. The van der Waals surface area contributed by atoms with E-state index in [1.54, 1.807) is 24.3 Å². The summed E-state index contributed by atoms with van der Waals surface area (Å²) in [6.07, 6.45) is 2.02. The summed E-state index contributed by atoms with van der Waals surface area (Å²) in [7, 11) is -7.09. The molecule has 1 N–H and O–H groups in total. The largest absolute Gasteiger partial charge is 0.326 e. The second-order valence-electron chi connectivity index (χ2n) is 9.27. The van der Waals surface area contributed by atoms with Crippen LogP contribution in [0.4, 0.5) is 10.1 Å². The van der Waals surface area contributed by atoms with E-state index in [0.29, 0.717) is 43.7 Å². The van der Waals surface area contributed by atoms with Crippen molar-refractivity contribution in [3.8, 4) is 0 Å². The summed E-state index contributed by atoms with van der Waals surface area (Å²) in [5.41, 5.74) is 1.15. The molecule has 1 fully saturated rings. The third-order valence-corrected chi connectivity index (χ3v) is 9.02. The molecule has 0 spiro atoms. The highest BCUT2D eigenvalue weighted by Gasteiger charge is 2.29. The maximum absolute atomic E-state index is 13.3. The SMILES string of the molecule is CC(C)CN(Cc1ccc(F)cc1)S(=O)(=O)c1ccc(NC(=O)C2CCN(S(C)(=O)=O)CC2)cc1. The lowest BCUT2D eigenvalue weighted by Crippen LogP contribution is -2.40. The van der Waals surface area contributed by atoms with Gasteiger partial charge in [0.05, 0.1) is 11.2 Å². The van der Waals surface area contributed by atoms with Crippen LogP contribution in [0.5, 0.6) is 0 Å². The highest BCUT2D eigenvalue weighted by Crippen LogP contribution is 2.24. The summed E-state index contributed by atoms with van der Waals surface area (Å²) in [4.78, 5) is 12.7. The van der Waals surface area contributed by atoms with Crippen molar-refractivity contribution in [3.63, 3.8) is 0 Å². The third-order valence-electron chi connectivity index (χ3n) is 5.89. The fraction of sp³-hybridized carbons (Fsp3) is 0.458. The minimum Gasteiger partial charge on any atom is -0.326 e. The minimum absolute atomic E-state index is 0.0814. The minimum atomic E-state index is -3.83. The fourth-order valence-corrected chi connectivity index (χ4v) is 6.47. The van der Waals surface area contributed by atoms with Crippen LogP contribution < -0.4 is 5.32 Å². The van der Waals surface area contributed by atoms with Crippen LogP contribution >= 0.6 is 0 Å². The zero-order valence-electron chi connectivity index (χ0n) is 20.1. The number of halogens is 1. The Bertz CT molecular complexity index is 1220. The Labute approximate surface area is 207 Å². The fourth-order valence-electron chi connectivity index (χ4n) is 4.00. The van der Waals surface area contributed by atoms with E-state index in [1.807, 2.05) is 13.8 Å². The van der Waals surface area contributed by atoms with Gasteiger partial charge in [0.2, 0.25) is 26.0 Å². The maximum atomic E-state index is 13.3. The van der Waals surface area contributed by atoms with Gasteiger partial charge in [0, 0.05) is 37.8 Å². The normalized spacial score (nSPS) is 16.1. The number of nitrogens with zero attached hydrogens (tertiary/aromatic N) is 2. The number of sulfonamides is 2. The summed E-state index contributed by atoms with van der Waals surface area (Å²) >= 11 is 0. The van der Waals surface area contributed by atoms with Crippen molar-refractivity contribution < 1.29 is 26.0 Å². The first-order valence-electron chi connectivity index (χ1n) is 11.5. The second kappa shape index (κ2) is 11.2. The van der Waals surface area contributed by atoms with Gasteiger partial charge in [-0.2, -0.15) is 4.31 Å². The van der Waals surface area contributed by atoms with Crippen LogP contribution in [0.15, 0.2) is 53.4 Å². The molecule has 35 heavy (non-hydrogen) atoms. The Balaban J connectivity index is 1.68. The molecule has 1 saturated heterocycles. The van der Waals surface area contributed by atoms with Crippen molar-refractivity contribution in [1.82, 2.24) is 8.61 Å². The Morgan fingerprint density at radius 1 is 1.03 bits per heavy atom. The zero-order valence-corrected chi connectivity index (χ0v) is 21.8. The highest BCUT2D eigenvalue weighted by atomic mass is 32.2. The van der Waals surface area contributed by atoms with Crippen LogP contribution in [0.2, 0.25) is 0 Å². The third kappa shape index (κ3) is 7.33. The first-order chi connectivity index (χ1) is 16.4. The van der Waals surface area contributed by atoms with Gasteiger partial charge in [-0.25, -0.2) is 25.5 Å². The molecule has 11 heteroatoms. The molecule has 8 nitrogen and oxygen atoms in total. The number of carbonyl (C=O) groups is 1. The molecule has 0 unspecified atom stereocenters. The molecular weight excluding hydrogens is 493 g/mol. The number of hydrogen-bond acceptors (Lipinski definition) is 5. The Hall–Kier alpha value is -2.34. The van der Waals surface area contributed by atoms with Gasteiger partial charge >= 0.3 is 0 Å². The van der Waals surface area contributed by atoms with Crippen molar-refractivity contribution in [2.75, 3.05) is 31.2 Å². The number of piperidine rings is 1. The Morgan fingerprint density at radius 2 is 1.60 bits per heavy atom. The Kier molecular flexibility index (Phi) is 8.68. The van der Waals surface area contributed by atoms with Crippen LogP contribution in [-0.4, -0.2) is 57.2 Å². The molecule has 0 radical (unpaired) electrons. The number of rotatable bonds is 9. The topological polar surface area (TPSA) is 104 Å². The molecule has 192 valence electrons. The van der Waals surface area contributed by atoms with Gasteiger partial charge in [-0.1, -0.05) is 26.0 Å². The molecule has 0 aliphatic carbocycles. The molecule has 2 aromatic carbocycles. The average molecular weight is 526 g/mol. The number of anilines is 1. The molecule has 0 bridgehead atoms. The van der Waals surface area contributed by atoms with Crippen LogP contribution in [-0.2, 0) is 31.4 Å². The standard InChI is InChI=1S/C24H32FN3O5S2/c1-18(2)16-28(17-19-4-6-21(25)7-5-19)35(32,33)23-10-8-22(9-11-23)26-24(29)20-12-14-27(15-13-20)34(3,30)31/h4-11,18,20H,12-17H2,1-3H3,(H,26,29). The van der Waals surface area contributed by atoms with E-state index >= 15 is 0 Å². The first kappa shape index (κ1) is 27.3. The lowest BCUT2D eigenvalue weighted by atomic mass is 9.97. The molecule has 0 atom stereocenters. The number of benzene rings is 2. The summed E-state index contributed by atoms with van der Waals surface area (Å²) in [5, 5.41) is 2.80. The van der Waals surface area contributed by atoms with E-state index < -0.39 is 20.0 Å².